The van der Waals surface area contributed by atoms with Crippen LogP contribution < -0.4 is 0 Å². The molecule has 0 bridgehead atoms. The fraction of sp³-hybridized carbons (Fsp3) is 0.417. The molecular formula is C12H16N4O4S. The average molecular weight is 312 g/mol. The van der Waals surface area contributed by atoms with Gasteiger partial charge in [0.05, 0.1) is 18.5 Å². The van der Waals surface area contributed by atoms with Crippen LogP contribution in [0.1, 0.15) is 17.3 Å². The van der Waals surface area contributed by atoms with E-state index < -0.39 is 15.8 Å². The van der Waals surface area contributed by atoms with Gasteiger partial charge in [0.1, 0.15) is 21.1 Å². The minimum absolute atomic E-state index is 0.0270. The number of aryl methyl sites for hydroxylation is 2. The summed E-state index contributed by atoms with van der Waals surface area (Å²) in [6, 6.07) is 0. The summed E-state index contributed by atoms with van der Waals surface area (Å²) in [5.41, 5.74) is 0.905. The third-order valence-electron chi connectivity index (χ3n) is 2.91. The van der Waals surface area contributed by atoms with Crippen LogP contribution in [0, 0.1) is 0 Å². The van der Waals surface area contributed by atoms with Crippen molar-refractivity contribution in [2.45, 2.75) is 20.0 Å². The first-order valence-corrected chi connectivity index (χ1v) is 8.37. The summed E-state index contributed by atoms with van der Waals surface area (Å²) >= 11 is 0. The van der Waals surface area contributed by atoms with Crippen molar-refractivity contribution in [3.05, 3.63) is 24.2 Å². The van der Waals surface area contributed by atoms with E-state index in [1.807, 2.05) is 6.92 Å². The van der Waals surface area contributed by atoms with E-state index in [2.05, 4.69) is 10.2 Å². The SMILES string of the molecule is CCn1cc(-c2nn(CCS(C)(=O)=O)cc2C(=O)O)cn1. The van der Waals surface area contributed by atoms with Crippen molar-refractivity contribution in [3.63, 3.8) is 0 Å². The molecule has 0 radical (unpaired) electrons. The number of hydrogen-bond acceptors (Lipinski definition) is 5. The minimum Gasteiger partial charge on any atom is -0.478 e. The van der Waals surface area contributed by atoms with Crippen LogP contribution in [0.2, 0.25) is 0 Å². The van der Waals surface area contributed by atoms with Crippen LogP contribution >= 0.6 is 0 Å². The van der Waals surface area contributed by atoms with Crippen LogP contribution in [0.3, 0.4) is 0 Å². The maximum atomic E-state index is 11.3. The van der Waals surface area contributed by atoms with E-state index in [1.54, 1.807) is 17.1 Å². The number of aromatic carboxylic acids is 1. The van der Waals surface area contributed by atoms with Gasteiger partial charge in [0.2, 0.25) is 0 Å². The van der Waals surface area contributed by atoms with E-state index in [9.17, 15) is 18.3 Å². The first kappa shape index (κ1) is 15.2. The van der Waals surface area contributed by atoms with Gasteiger partial charge in [-0.2, -0.15) is 10.2 Å². The second kappa shape index (κ2) is 5.68. The van der Waals surface area contributed by atoms with E-state index in [0.29, 0.717) is 12.1 Å². The molecule has 114 valence electrons. The molecule has 0 aliphatic carbocycles. The quantitative estimate of drug-likeness (QED) is 0.832. The van der Waals surface area contributed by atoms with E-state index in [1.165, 1.54) is 10.9 Å². The lowest BCUT2D eigenvalue weighted by molar-refractivity contribution is 0.0697. The summed E-state index contributed by atoms with van der Waals surface area (Å²) in [6.07, 6.45) is 5.71. The zero-order chi connectivity index (χ0) is 15.6. The summed E-state index contributed by atoms with van der Waals surface area (Å²) in [5.74, 6) is -1.21. The molecule has 0 aliphatic heterocycles. The average Bonchev–Trinajstić information content (AvgIpc) is 3.01. The molecule has 0 saturated heterocycles. The van der Waals surface area contributed by atoms with Crippen LogP contribution in [0.25, 0.3) is 11.3 Å². The highest BCUT2D eigenvalue weighted by molar-refractivity contribution is 7.90. The van der Waals surface area contributed by atoms with Crippen molar-refractivity contribution in [2.75, 3.05) is 12.0 Å². The largest absolute Gasteiger partial charge is 0.478 e. The molecule has 0 aliphatic rings. The Kier molecular flexibility index (Phi) is 4.12. The number of rotatable bonds is 6. The smallest absolute Gasteiger partial charge is 0.339 e. The predicted octanol–water partition coefficient (Wildman–Crippen LogP) is 0.509. The van der Waals surface area contributed by atoms with Crippen molar-refractivity contribution in [1.29, 1.82) is 0 Å². The van der Waals surface area contributed by atoms with Gasteiger partial charge in [-0.1, -0.05) is 0 Å². The lowest BCUT2D eigenvalue weighted by atomic mass is 10.1. The minimum atomic E-state index is -3.14. The molecule has 0 atom stereocenters. The number of carbonyl (C=O) groups is 1. The van der Waals surface area contributed by atoms with E-state index in [-0.39, 0.29) is 23.6 Å². The summed E-state index contributed by atoms with van der Waals surface area (Å²) in [5, 5.41) is 17.5. The van der Waals surface area contributed by atoms with Crippen LogP contribution in [0.4, 0.5) is 0 Å². The Morgan fingerprint density at radius 1 is 1.33 bits per heavy atom. The van der Waals surface area contributed by atoms with Gasteiger partial charge in [-0.25, -0.2) is 13.2 Å². The van der Waals surface area contributed by atoms with Gasteiger partial charge in [-0.15, -0.1) is 0 Å². The zero-order valence-electron chi connectivity index (χ0n) is 11.7. The lowest BCUT2D eigenvalue weighted by Crippen LogP contribution is -2.11. The van der Waals surface area contributed by atoms with Crippen molar-refractivity contribution >= 4 is 15.8 Å². The number of aromatic nitrogens is 4. The Bertz CT molecular complexity index is 760. The molecule has 2 aromatic heterocycles. The molecule has 9 heteroatoms. The standard InChI is InChI=1S/C12H16N4O4S/c1-3-15-7-9(6-13-15)11-10(12(17)18)8-16(14-11)4-5-21(2,19)20/h6-8H,3-5H2,1-2H3,(H,17,18). The zero-order valence-corrected chi connectivity index (χ0v) is 12.5. The van der Waals surface area contributed by atoms with Crippen LogP contribution in [-0.4, -0.2) is 51.1 Å². The summed E-state index contributed by atoms with van der Waals surface area (Å²) in [4.78, 5) is 11.3. The van der Waals surface area contributed by atoms with Crippen LogP contribution in [0.5, 0.6) is 0 Å². The van der Waals surface area contributed by atoms with E-state index >= 15 is 0 Å². The molecule has 0 spiro atoms. The van der Waals surface area contributed by atoms with E-state index in [0.717, 1.165) is 6.26 Å². The molecule has 2 heterocycles. The van der Waals surface area contributed by atoms with Gasteiger partial charge in [0.15, 0.2) is 0 Å². The highest BCUT2D eigenvalue weighted by atomic mass is 32.2. The maximum absolute atomic E-state index is 11.3. The highest BCUT2D eigenvalue weighted by Crippen LogP contribution is 2.21. The topological polar surface area (TPSA) is 107 Å². The first-order valence-electron chi connectivity index (χ1n) is 6.31. The normalized spacial score (nSPS) is 11.7. The summed E-state index contributed by atoms with van der Waals surface area (Å²) in [6.45, 7) is 2.69. The van der Waals surface area contributed by atoms with Gasteiger partial charge in [0.25, 0.3) is 0 Å². The van der Waals surface area contributed by atoms with Gasteiger partial charge in [-0.05, 0) is 6.92 Å². The Morgan fingerprint density at radius 2 is 2.05 bits per heavy atom. The molecule has 0 saturated carbocycles. The van der Waals surface area contributed by atoms with Crippen LogP contribution in [-0.2, 0) is 22.9 Å². The summed E-state index contributed by atoms with van der Waals surface area (Å²) in [7, 11) is -3.14. The molecule has 8 nitrogen and oxygen atoms in total. The van der Waals surface area contributed by atoms with Gasteiger partial charge >= 0.3 is 5.97 Å². The fourth-order valence-corrected chi connectivity index (χ4v) is 2.34. The van der Waals surface area contributed by atoms with Crippen molar-refractivity contribution in [1.82, 2.24) is 19.6 Å². The first-order chi connectivity index (χ1) is 9.80. The van der Waals surface area contributed by atoms with Gasteiger partial charge < -0.3 is 5.11 Å². The third-order valence-corrected chi connectivity index (χ3v) is 3.84. The fourth-order valence-electron chi connectivity index (χ4n) is 1.82. The van der Waals surface area contributed by atoms with Crippen LogP contribution in [0.15, 0.2) is 18.6 Å². The lowest BCUT2D eigenvalue weighted by Gasteiger charge is -1.98. The third kappa shape index (κ3) is 3.69. The Labute approximate surface area is 121 Å². The highest BCUT2D eigenvalue weighted by Gasteiger charge is 2.18. The van der Waals surface area contributed by atoms with Gasteiger partial charge in [-0.3, -0.25) is 9.36 Å². The van der Waals surface area contributed by atoms with Crippen molar-refractivity contribution in [3.8, 4) is 11.3 Å². The number of carboxylic acids is 1. The molecule has 0 fully saturated rings. The van der Waals surface area contributed by atoms with Crippen molar-refractivity contribution < 1.29 is 18.3 Å². The molecule has 0 amide bonds. The molecule has 2 rings (SSSR count). The number of sulfone groups is 1. The summed E-state index contributed by atoms with van der Waals surface area (Å²) < 4.78 is 25.3. The molecule has 0 unspecified atom stereocenters. The maximum Gasteiger partial charge on any atom is 0.339 e. The number of carboxylic acid groups (broad SMARTS) is 1. The van der Waals surface area contributed by atoms with Gasteiger partial charge in [0, 0.05) is 30.8 Å². The Morgan fingerprint density at radius 3 is 2.57 bits per heavy atom. The molecule has 0 aromatic carbocycles. The molecule has 21 heavy (non-hydrogen) atoms. The van der Waals surface area contributed by atoms with E-state index in [4.69, 9.17) is 0 Å². The molecule has 2 aromatic rings. The molecular weight excluding hydrogens is 296 g/mol. The Hall–Kier alpha value is -2.16. The number of nitrogens with zero attached hydrogens (tertiary/aromatic N) is 4. The molecule has 1 N–H and O–H groups in total. The second-order valence-corrected chi connectivity index (χ2v) is 6.93. The number of hydrogen-bond donors (Lipinski definition) is 1. The monoisotopic (exact) mass is 312 g/mol. The second-order valence-electron chi connectivity index (χ2n) is 4.67. The predicted molar refractivity (Wildman–Crippen MR) is 75.8 cm³/mol. The van der Waals surface area contributed by atoms with Crippen molar-refractivity contribution in [2.24, 2.45) is 0 Å². The Balaban J connectivity index is 2.35.